The minimum atomic E-state index is -1.14. The zero-order chi connectivity index (χ0) is 28.1. The van der Waals surface area contributed by atoms with E-state index in [2.05, 4.69) is 31.0 Å². The first-order valence-electron chi connectivity index (χ1n) is 14.4. The Bertz CT molecular complexity index is 1210. The summed E-state index contributed by atoms with van der Waals surface area (Å²) in [5, 5.41) is 12.2. The summed E-state index contributed by atoms with van der Waals surface area (Å²) in [7, 11) is 2.05. The van der Waals surface area contributed by atoms with Crippen molar-refractivity contribution in [3.05, 3.63) is 40.7 Å². The van der Waals surface area contributed by atoms with Crippen LogP contribution >= 0.6 is 0 Å². The second kappa shape index (κ2) is 10.4. The molecule has 39 heavy (non-hydrogen) atoms. The molecule has 6 atom stereocenters. The summed E-state index contributed by atoms with van der Waals surface area (Å²) in [6, 6.07) is 4.11. The third-order valence-corrected chi connectivity index (χ3v) is 9.48. The van der Waals surface area contributed by atoms with E-state index in [4.69, 9.17) is 14.2 Å². The number of aliphatic hydroxyl groups is 1. The molecule has 4 aliphatic rings. The highest BCUT2D eigenvalue weighted by Crippen LogP contribution is 2.64. The van der Waals surface area contributed by atoms with Gasteiger partial charge in [0.05, 0.1) is 17.4 Å². The molecule has 2 aliphatic heterocycles. The molecule has 1 aromatic carbocycles. The van der Waals surface area contributed by atoms with Gasteiger partial charge in [0.1, 0.15) is 17.3 Å². The normalized spacial score (nSPS) is 29.9. The van der Waals surface area contributed by atoms with Crippen LogP contribution in [0.25, 0.3) is 0 Å². The number of likely N-dealkylation sites (tertiary alicyclic amines) is 1. The van der Waals surface area contributed by atoms with Crippen LogP contribution in [0.4, 0.5) is 0 Å². The molecule has 0 saturated carbocycles. The van der Waals surface area contributed by atoms with Gasteiger partial charge in [0, 0.05) is 30.4 Å². The number of Topliss-reactive ketones (excluding diaryl/α,β-unsaturated/α-hetero) is 1. The minimum Gasteiger partial charge on any atom is -0.481 e. The van der Waals surface area contributed by atoms with Gasteiger partial charge in [-0.25, -0.2) is 4.79 Å². The first-order chi connectivity index (χ1) is 18.5. The molecule has 0 amide bonds. The Hall–Kier alpha value is -2.71. The van der Waals surface area contributed by atoms with Crippen LogP contribution in [-0.4, -0.2) is 65.2 Å². The predicted molar refractivity (Wildman–Crippen MR) is 144 cm³/mol. The van der Waals surface area contributed by atoms with Crippen molar-refractivity contribution in [3.63, 3.8) is 0 Å². The minimum absolute atomic E-state index is 0.0336. The van der Waals surface area contributed by atoms with Crippen molar-refractivity contribution in [2.45, 2.75) is 108 Å². The molecule has 5 rings (SSSR count). The van der Waals surface area contributed by atoms with E-state index >= 15 is 0 Å². The van der Waals surface area contributed by atoms with Gasteiger partial charge in [-0.15, -0.1) is 0 Å². The standard InChI is InChI=1S/C31H41NO7/c1-6-7-8-9-22(33)19(3)16-25(34)37-20(4)29(35)38-23-12-13-31(36)24-17-21-11-10-18(2)27-26(21)30(31,28(23)39-27)14-15-32(24)5/h10-12,19-20,24,28,36H,6-9,13-17H2,1-5H3/t19-,20-,24+,28-,30-,31+/m0/s1. The number of hydrogen-bond acceptors (Lipinski definition) is 8. The first kappa shape index (κ1) is 27.8. The number of rotatable bonds is 10. The number of nitrogens with zero attached hydrogens (tertiary/aromatic N) is 1. The number of carbonyl (C=O) groups excluding carboxylic acids is 3. The number of hydrogen-bond donors (Lipinski definition) is 1. The largest absolute Gasteiger partial charge is 0.481 e. The topological polar surface area (TPSA) is 102 Å². The summed E-state index contributed by atoms with van der Waals surface area (Å²) in [6.07, 6.45) is 4.93. The number of ketones is 1. The van der Waals surface area contributed by atoms with Gasteiger partial charge < -0.3 is 24.2 Å². The molecule has 8 heteroatoms. The molecule has 2 heterocycles. The summed E-state index contributed by atoms with van der Waals surface area (Å²) < 4.78 is 17.8. The molecule has 1 aromatic rings. The fraction of sp³-hybridized carbons (Fsp3) is 0.645. The maximum atomic E-state index is 13.1. The second-order valence-electron chi connectivity index (χ2n) is 12.0. The van der Waals surface area contributed by atoms with E-state index in [1.165, 1.54) is 12.5 Å². The third-order valence-electron chi connectivity index (χ3n) is 9.48. The molecular formula is C31H41NO7. The van der Waals surface area contributed by atoms with Gasteiger partial charge >= 0.3 is 11.9 Å². The van der Waals surface area contributed by atoms with Crippen LogP contribution in [0.1, 0.15) is 82.4 Å². The summed E-state index contributed by atoms with van der Waals surface area (Å²) in [5.74, 6) is -0.585. The Labute approximate surface area is 230 Å². The van der Waals surface area contributed by atoms with Gasteiger partial charge in [-0.3, -0.25) is 9.59 Å². The monoisotopic (exact) mass is 539 g/mol. The maximum absolute atomic E-state index is 13.1. The molecule has 2 aliphatic carbocycles. The van der Waals surface area contributed by atoms with E-state index in [0.29, 0.717) is 25.0 Å². The Morgan fingerprint density at radius 3 is 2.74 bits per heavy atom. The molecule has 1 spiro atoms. The van der Waals surface area contributed by atoms with E-state index in [-0.39, 0.29) is 18.2 Å². The van der Waals surface area contributed by atoms with Gasteiger partial charge in [-0.05, 0) is 63.9 Å². The van der Waals surface area contributed by atoms with Crippen LogP contribution in [0.3, 0.4) is 0 Å². The van der Waals surface area contributed by atoms with Gasteiger partial charge in [0.25, 0.3) is 0 Å². The van der Waals surface area contributed by atoms with E-state index in [0.717, 1.165) is 49.1 Å². The van der Waals surface area contributed by atoms with E-state index in [9.17, 15) is 19.5 Å². The molecule has 0 aromatic heterocycles. The average Bonchev–Trinajstić information content (AvgIpc) is 3.25. The van der Waals surface area contributed by atoms with Crippen LogP contribution in [-0.2, 0) is 35.7 Å². The van der Waals surface area contributed by atoms with Crippen LogP contribution in [0, 0.1) is 12.8 Å². The predicted octanol–water partition coefficient (Wildman–Crippen LogP) is 3.92. The number of aryl methyl sites for hydroxylation is 1. The number of esters is 2. The van der Waals surface area contributed by atoms with Crippen molar-refractivity contribution >= 4 is 17.7 Å². The lowest BCUT2D eigenvalue weighted by Crippen LogP contribution is -2.74. The molecule has 1 fully saturated rings. The average molecular weight is 540 g/mol. The number of ether oxygens (including phenoxy) is 3. The van der Waals surface area contributed by atoms with Crippen molar-refractivity contribution in [2.24, 2.45) is 5.92 Å². The number of carbonyl (C=O) groups is 3. The summed E-state index contributed by atoms with van der Waals surface area (Å²) >= 11 is 0. The Morgan fingerprint density at radius 1 is 1.23 bits per heavy atom. The highest BCUT2D eigenvalue weighted by Gasteiger charge is 2.71. The van der Waals surface area contributed by atoms with Gasteiger partial charge in [0.15, 0.2) is 12.2 Å². The number of likely N-dealkylation sites (N-methyl/N-ethyl adjacent to an activating group) is 1. The zero-order valence-corrected chi connectivity index (χ0v) is 23.7. The second-order valence-corrected chi connectivity index (χ2v) is 12.0. The molecule has 8 nitrogen and oxygen atoms in total. The van der Waals surface area contributed by atoms with Gasteiger partial charge in [0.2, 0.25) is 0 Å². The first-order valence-corrected chi connectivity index (χ1v) is 14.4. The molecule has 1 N–H and O–H groups in total. The molecular weight excluding hydrogens is 498 g/mol. The fourth-order valence-electron chi connectivity index (χ4n) is 7.24. The Balaban J connectivity index is 1.30. The number of piperidine rings is 1. The van der Waals surface area contributed by atoms with Crippen molar-refractivity contribution in [1.82, 2.24) is 4.90 Å². The zero-order valence-electron chi connectivity index (χ0n) is 23.7. The maximum Gasteiger partial charge on any atom is 0.352 e. The van der Waals surface area contributed by atoms with Gasteiger partial charge in [-0.1, -0.05) is 38.8 Å². The van der Waals surface area contributed by atoms with Crippen LogP contribution in [0.15, 0.2) is 24.0 Å². The Morgan fingerprint density at radius 2 is 2.00 bits per heavy atom. The van der Waals surface area contributed by atoms with E-state index in [1.54, 1.807) is 13.0 Å². The molecule has 0 unspecified atom stereocenters. The smallest absolute Gasteiger partial charge is 0.352 e. The van der Waals surface area contributed by atoms with Crippen molar-refractivity contribution in [2.75, 3.05) is 13.6 Å². The lowest BCUT2D eigenvalue weighted by atomic mass is 9.50. The van der Waals surface area contributed by atoms with E-state index in [1.807, 2.05) is 6.92 Å². The number of unbranched alkanes of at least 4 members (excludes halogenated alkanes) is 2. The quantitative estimate of drug-likeness (QED) is 0.353. The lowest BCUT2D eigenvalue weighted by molar-refractivity contribution is -0.175. The SMILES string of the molecule is CCCCCC(=O)[C@@H](C)CC(=O)O[C@@H](C)C(=O)OC1=CC[C@@]2(O)[C@H]3Cc4ccc(C)c5c4[C@@]2(CCN3C)[C@H]1O5. The highest BCUT2D eigenvalue weighted by molar-refractivity contribution is 5.86. The van der Waals surface area contributed by atoms with E-state index < -0.39 is 41.1 Å². The van der Waals surface area contributed by atoms with Crippen molar-refractivity contribution in [1.29, 1.82) is 0 Å². The highest BCUT2D eigenvalue weighted by atomic mass is 16.6. The van der Waals surface area contributed by atoms with Crippen LogP contribution < -0.4 is 4.74 Å². The van der Waals surface area contributed by atoms with Crippen molar-refractivity contribution in [3.8, 4) is 5.75 Å². The van der Waals surface area contributed by atoms with Gasteiger partial charge in [-0.2, -0.15) is 0 Å². The lowest BCUT2D eigenvalue weighted by Gasteiger charge is -2.61. The van der Waals surface area contributed by atoms with Crippen molar-refractivity contribution < 1.29 is 33.7 Å². The summed E-state index contributed by atoms with van der Waals surface area (Å²) in [6.45, 7) is 8.06. The third kappa shape index (κ3) is 4.40. The fourth-order valence-corrected chi connectivity index (χ4v) is 7.24. The Kier molecular flexibility index (Phi) is 7.40. The molecule has 1 saturated heterocycles. The molecule has 212 valence electrons. The number of benzene rings is 1. The van der Waals surface area contributed by atoms with Crippen LogP contribution in [0.2, 0.25) is 0 Å². The molecule has 2 bridgehead atoms. The summed E-state index contributed by atoms with van der Waals surface area (Å²) in [4.78, 5) is 40.1. The summed E-state index contributed by atoms with van der Waals surface area (Å²) in [5.41, 5.74) is 1.45. The molecule has 0 radical (unpaired) electrons. The van der Waals surface area contributed by atoms with Crippen LogP contribution in [0.5, 0.6) is 5.75 Å².